The lowest BCUT2D eigenvalue weighted by Gasteiger charge is -2.07. The summed E-state index contributed by atoms with van der Waals surface area (Å²) in [7, 11) is 0. The number of rotatable bonds is 3. The molecule has 0 radical (unpaired) electrons. The number of furan rings is 1. The Hall–Kier alpha value is -3.41. The molecule has 1 aromatic carbocycles. The van der Waals surface area contributed by atoms with Crippen molar-refractivity contribution < 1.29 is 9.21 Å². The van der Waals surface area contributed by atoms with E-state index >= 15 is 0 Å². The summed E-state index contributed by atoms with van der Waals surface area (Å²) in [4.78, 5) is 16.9. The van der Waals surface area contributed by atoms with E-state index in [4.69, 9.17) is 4.42 Å². The molecule has 124 valence electrons. The van der Waals surface area contributed by atoms with Gasteiger partial charge in [0.2, 0.25) is 0 Å². The van der Waals surface area contributed by atoms with Gasteiger partial charge in [-0.2, -0.15) is 5.10 Å². The standard InChI is InChI=1S/C19H16N4O2/c1-11-8-12(2)20-15-6-5-13(9-14(11)15)21-19(24)17-10-16(22-23-17)18-4-3-7-25-18/h3-10H,1-2H3,(H,21,24)(H,22,23). The molecule has 1 amide bonds. The monoisotopic (exact) mass is 332 g/mol. The number of hydrogen-bond acceptors (Lipinski definition) is 4. The number of aromatic nitrogens is 3. The van der Waals surface area contributed by atoms with E-state index in [0.29, 0.717) is 22.8 Å². The first-order valence-electron chi connectivity index (χ1n) is 7.89. The number of benzene rings is 1. The number of nitrogens with zero attached hydrogens (tertiary/aromatic N) is 2. The highest BCUT2D eigenvalue weighted by molar-refractivity contribution is 6.04. The molecule has 0 fully saturated rings. The Morgan fingerprint density at radius 1 is 1.16 bits per heavy atom. The van der Waals surface area contributed by atoms with Crippen LogP contribution in [0.2, 0.25) is 0 Å². The number of carbonyl (C=O) groups excluding carboxylic acids is 1. The van der Waals surface area contributed by atoms with Crippen LogP contribution in [0.4, 0.5) is 5.69 Å². The number of pyridine rings is 1. The molecule has 3 aromatic heterocycles. The highest BCUT2D eigenvalue weighted by Crippen LogP contribution is 2.23. The predicted octanol–water partition coefficient (Wildman–Crippen LogP) is 4.09. The Bertz CT molecular complexity index is 1060. The molecule has 0 saturated heterocycles. The summed E-state index contributed by atoms with van der Waals surface area (Å²) < 4.78 is 5.29. The molecular formula is C19H16N4O2. The Kier molecular flexibility index (Phi) is 3.57. The van der Waals surface area contributed by atoms with Gasteiger partial charge in [0.05, 0.1) is 11.8 Å². The third kappa shape index (κ3) is 2.89. The molecule has 0 aliphatic rings. The third-order valence-corrected chi connectivity index (χ3v) is 4.00. The first kappa shape index (κ1) is 15.1. The topological polar surface area (TPSA) is 83.8 Å². The quantitative estimate of drug-likeness (QED) is 0.592. The molecule has 4 rings (SSSR count). The second kappa shape index (κ2) is 5.90. The van der Waals surface area contributed by atoms with Gasteiger partial charge in [0, 0.05) is 22.8 Å². The molecule has 4 aromatic rings. The SMILES string of the molecule is Cc1cc(C)c2cc(NC(=O)c3cc(-c4ccco4)[nH]n3)ccc2n1. The number of amides is 1. The summed E-state index contributed by atoms with van der Waals surface area (Å²) in [6, 6.07) is 12.9. The van der Waals surface area contributed by atoms with Crippen molar-refractivity contribution in [3.8, 4) is 11.5 Å². The summed E-state index contributed by atoms with van der Waals surface area (Å²) in [5, 5.41) is 10.7. The average Bonchev–Trinajstić information content (AvgIpc) is 3.26. The summed E-state index contributed by atoms with van der Waals surface area (Å²) in [6.45, 7) is 4.00. The van der Waals surface area contributed by atoms with E-state index < -0.39 is 0 Å². The van der Waals surface area contributed by atoms with Crippen molar-refractivity contribution in [2.75, 3.05) is 5.32 Å². The highest BCUT2D eigenvalue weighted by Gasteiger charge is 2.13. The molecule has 0 saturated carbocycles. The number of carbonyl (C=O) groups is 1. The largest absolute Gasteiger partial charge is 0.463 e. The van der Waals surface area contributed by atoms with Crippen LogP contribution < -0.4 is 5.32 Å². The zero-order chi connectivity index (χ0) is 17.4. The number of aromatic amines is 1. The second-order valence-electron chi connectivity index (χ2n) is 5.91. The van der Waals surface area contributed by atoms with Gasteiger partial charge in [0.25, 0.3) is 5.91 Å². The van der Waals surface area contributed by atoms with E-state index in [9.17, 15) is 4.79 Å². The number of H-pyrrole nitrogens is 1. The lowest BCUT2D eigenvalue weighted by molar-refractivity contribution is 0.102. The van der Waals surface area contributed by atoms with Crippen molar-refractivity contribution in [3.05, 3.63) is 65.7 Å². The fourth-order valence-electron chi connectivity index (χ4n) is 2.83. The molecule has 2 N–H and O–H groups in total. The van der Waals surface area contributed by atoms with E-state index in [1.165, 1.54) is 0 Å². The Morgan fingerprint density at radius 2 is 2.04 bits per heavy atom. The Labute approximate surface area is 143 Å². The molecule has 0 unspecified atom stereocenters. The minimum Gasteiger partial charge on any atom is -0.463 e. The number of aryl methyl sites for hydroxylation is 2. The predicted molar refractivity (Wildman–Crippen MR) is 95.5 cm³/mol. The number of hydrogen-bond donors (Lipinski definition) is 2. The van der Waals surface area contributed by atoms with E-state index in [-0.39, 0.29) is 5.91 Å². The Morgan fingerprint density at radius 3 is 2.84 bits per heavy atom. The lowest BCUT2D eigenvalue weighted by Crippen LogP contribution is -2.12. The third-order valence-electron chi connectivity index (χ3n) is 4.00. The van der Waals surface area contributed by atoms with Crippen LogP contribution in [-0.4, -0.2) is 21.1 Å². The first-order valence-corrected chi connectivity index (χ1v) is 7.89. The van der Waals surface area contributed by atoms with Crippen LogP contribution in [0.3, 0.4) is 0 Å². The maximum absolute atomic E-state index is 12.4. The van der Waals surface area contributed by atoms with Crippen LogP contribution >= 0.6 is 0 Å². The lowest BCUT2D eigenvalue weighted by atomic mass is 10.1. The van der Waals surface area contributed by atoms with Crippen molar-refractivity contribution in [1.82, 2.24) is 15.2 Å². The van der Waals surface area contributed by atoms with Crippen molar-refractivity contribution in [2.45, 2.75) is 13.8 Å². The smallest absolute Gasteiger partial charge is 0.276 e. The molecule has 6 nitrogen and oxygen atoms in total. The molecule has 0 bridgehead atoms. The van der Waals surface area contributed by atoms with E-state index in [2.05, 4.69) is 20.5 Å². The van der Waals surface area contributed by atoms with Gasteiger partial charge in [-0.15, -0.1) is 0 Å². The first-order chi connectivity index (χ1) is 12.1. The van der Waals surface area contributed by atoms with Gasteiger partial charge in [-0.25, -0.2) is 0 Å². The minimum atomic E-state index is -0.286. The van der Waals surface area contributed by atoms with Crippen LogP contribution in [0.25, 0.3) is 22.4 Å². The van der Waals surface area contributed by atoms with Crippen LogP contribution in [0.15, 0.2) is 53.1 Å². The van der Waals surface area contributed by atoms with E-state index in [0.717, 1.165) is 22.2 Å². The van der Waals surface area contributed by atoms with Crippen LogP contribution in [0, 0.1) is 13.8 Å². The van der Waals surface area contributed by atoms with Crippen LogP contribution in [0.5, 0.6) is 0 Å². The molecule has 0 aliphatic carbocycles. The van der Waals surface area contributed by atoms with Gasteiger partial charge in [-0.3, -0.25) is 14.9 Å². The Balaban J connectivity index is 1.59. The molecule has 0 atom stereocenters. The van der Waals surface area contributed by atoms with Gasteiger partial charge >= 0.3 is 0 Å². The maximum Gasteiger partial charge on any atom is 0.276 e. The van der Waals surface area contributed by atoms with E-state index in [1.807, 2.05) is 38.1 Å². The van der Waals surface area contributed by atoms with E-state index in [1.54, 1.807) is 24.5 Å². The summed E-state index contributed by atoms with van der Waals surface area (Å²) in [5.41, 5.74) is 4.67. The number of nitrogens with one attached hydrogen (secondary N) is 2. The van der Waals surface area contributed by atoms with Crippen molar-refractivity contribution in [1.29, 1.82) is 0 Å². The fourth-order valence-corrected chi connectivity index (χ4v) is 2.83. The highest BCUT2D eigenvalue weighted by atomic mass is 16.3. The normalized spacial score (nSPS) is 11.0. The molecule has 0 aliphatic heterocycles. The second-order valence-corrected chi connectivity index (χ2v) is 5.91. The molecule has 3 heterocycles. The van der Waals surface area contributed by atoms with Gasteiger partial charge in [-0.05, 0) is 55.8 Å². The van der Waals surface area contributed by atoms with Crippen molar-refractivity contribution >= 4 is 22.5 Å². The van der Waals surface area contributed by atoms with Gasteiger partial charge in [0.15, 0.2) is 11.5 Å². The number of fused-ring (bicyclic) bond motifs is 1. The number of anilines is 1. The summed E-state index contributed by atoms with van der Waals surface area (Å²) in [5.74, 6) is 0.348. The van der Waals surface area contributed by atoms with Gasteiger partial charge < -0.3 is 9.73 Å². The van der Waals surface area contributed by atoms with Crippen molar-refractivity contribution in [3.63, 3.8) is 0 Å². The molecule has 0 spiro atoms. The summed E-state index contributed by atoms with van der Waals surface area (Å²) in [6.07, 6.45) is 1.57. The average molecular weight is 332 g/mol. The molecule has 6 heteroatoms. The zero-order valence-corrected chi connectivity index (χ0v) is 13.8. The van der Waals surface area contributed by atoms with Crippen LogP contribution in [0.1, 0.15) is 21.7 Å². The summed E-state index contributed by atoms with van der Waals surface area (Å²) >= 11 is 0. The molecular weight excluding hydrogens is 316 g/mol. The zero-order valence-electron chi connectivity index (χ0n) is 13.8. The van der Waals surface area contributed by atoms with Gasteiger partial charge in [-0.1, -0.05) is 0 Å². The maximum atomic E-state index is 12.4. The minimum absolute atomic E-state index is 0.286. The van der Waals surface area contributed by atoms with Crippen molar-refractivity contribution in [2.24, 2.45) is 0 Å². The fraction of sp³-hybridized carbons (Fsp3) is 0.105. The van der Waals surface area contributed by atoms with Crippen LogP contribution in [-0.2, 0) is 0 Å². The molecule has 25 heavy (non-hydrogen) atoms. The van der Waals surface area contributed by atoms with Gasteiger partial charge in [0.1, 0.15) is 5.69 Å².